The molecule has 0 aromatic rings. The van der Waals surface area contributed by atoms with Gasteiger partial charge in [0, 0.05) is 31.7 Å². The summed E-state index contributed by atoms with van der Waals surface area (Å²) in [5.74, 6) is -1.23. The predicted octanol–water partition coefficient (Wildman–Crippen LogP) is 3.05. The summed E-state index contributed by atoms with van der Waals surface area (Å²) in [7, 11) is 4.12. The summed E-state index contributed by atoms with van der Waals surface area (Å²) in [6.07, 6.45) is 3.60. The lowest BCUT2D eigenvalue weighted by molar-refractivity contribution is -0.250. The minimum absolute atomic E-state index is 0.0500. The highest BCUT2D eigenvalue weighted by molar-refractivity contribution is 5.83. The maximum atomic E-state index is 12.0. The zero-order chi connectivity index (χ0) is 21.9. The largest absolute Gasteiger partial charge is 0.456 e. The van der Waals surface area contributed by atoms with Gasteiger partial charge in [0.05, 0.1) is 18.3 Å². The van der Waals surface area contributed by atoms with Gasteiger partial charge in [-0.15, -0.1) is 0 Å². The third-order valence-corrected chi connectivity index (χ3v) is 5.57. The molecule has 0 aromatic heterocycles. The number of hydrogen-bond donors (Lipinski definition) is 0. The Labute approximate surface area is 174 Å². The van der Waals surface area contributed by atoms with E-state index >= 15 is 0 Å². The van der Waals surface area contributed by atoms with Crippen LogP contribution < -0.4 is 0 Å². The van der Waals surface area contributed by atoms with E-state index in [0.29, 0.717) is 11.8 Å². The van der Waals surface area contributed by atoms with Crippen molar-refractivity contribution in [1.29, 1.82) is 0 Å². The van der Waals surface area contributed by atoms with E-state index in [1.165, 1.54) is 12.2 Å². The Morgan fingerprint density at radius 1 is 1.31 bits per heavy atom. The molecular formula is C22H35NO6. The molecule has 2 aliphatic rings. The Morgan fingerprint density at radius 2 is 1.97 bits per heavy atom. The molecule has 0 radical (unpaired) electrons. The second-order valence-electron chi connectivity index (χ2n) is 8.80. The van der Waals surface area contributed by atoms with Crippen molar-refractivity contribution in [3.05, 3.63) is 23.5 Å². The first-order valence-electron chi connectivity index (χ1n) is 10.2. The van der Waals surface area contributed by atoms with Crippen LogP contribution in [0.2, 0.25) is 0 Å². The first-order valence-corrected chi connectivity index (χ1v) is 10.2. The number of cyclic esters (lactones) is 1. The molecule has 29 heavy (non-hydrogen) atoms. The van der Waals surface area contributed by atoms with Crippen molar-refractivity contribution in [2.75, 3.05) is 14.1 Å². The molecule has 2 aliphatic heterocycles. The smallest absolute Gasteiger partial charge is 0.337 e. The van der Waals surface area contributed by atoms with Crippen LogP contribution >= 0.6 is 0 Å². The highest BCUT2D eigenvalue weighted by Crippen LogP contribution is 2.35. The third-order valence-electron chi connectivity index (χ3n) is 5.57. The Kier molecular flexibility index (Phi) is 7.65. The molecule has 0 aromatic carbocycles. The van der Waals surface area contributed by atoms with Gasteiger partial charge in [0.2, 0.25) is 5.79 Å². The zero-order valence-electron chi connectivity index (χ0n) is 18.8. The molecule has 7 nitrogen and oxygen atoms in total. The standard InChI is InChI=1S/C22H35NO6/c1-13(9-10-24)20(16(4)18-12-19(25)29-22(5,6)28-18)27-21-15(3)17(23(7)8)11-14(2)26-21/h9-10,12,14-17,20-21H,11H2,1-8H3/b13-9+/t14?,15?,16-,17?,20+,21+/m1/s1. The van der Waals surface area contributed by atoms with E-state index in [9.17, 15) is 9.59 Å². The molecule has 7 heteroatoms. The minimum atomic E-state index is -1.05. The van der Waals surface area contributed by atoms with E-state index < -0.39 is 24.2 Å². The fourth-order valence-electron chi connectivity index (χ4n) is 4.04. The topological polar surface area (TPSA) is 74.3 Å². The fraction of sp³-hybridized carbons (Fsp3) is 0.727. The minimum Gasteiger partial charge on any atom is -0.456 e. The van der Waals surface area contributed by atoms with Crippen LogP contribution in [0.1, 0.15) is 48.0 Å². The lowest BCUT2D eigenvalue weighted by atomic mass is 9.90. The van der Waals surface area contributed by atoms with Crippen molar-refractivity contribution >= 4 is 12.3 Å². The fourth-order valence-corrected chi connectivity index (χ4v) is 4.04. The van der Waals surface area contributed by atoms with Gasteiger partial charge in [-0.2, -0.15) is 0 Å². The van der Waals surface area contributed by atoms with E-state index in [-0.39, 0.29) is 17.9 Å². The maximum Gasteiger partial charge on any atom is 0.337 e. The molecule has 0 bridgehead atoms. The third kappa shape index (κ3) is 5.90. The highest BCUT2D eigenvalue weighted by atomic mass is 16.7. The van der Waals surface area contributed by atoms with Crippen LogP contribution in [-0.2, 0) is 28.5 Å². The number of aldehydes is 1. The summed E-state index contributed by atoms with van der Waals surface area (Å²) in [6.45, 7) is 11.3. The number of rotatable bonds is 7. The Bertz CT molecular complexity index is 668. The van der Waals surface area contributed by atoms with E-state index in [1.807, 2.05) is 20.8 Å². The summed E-state index contributed by atoms with van der Waals surface area (Å²) < 4.78 is 23.6. The van der Waals surface area contributed by atoms with Gasteiger partial charge in [-0.05, 0) is 46.0 Å². The lowest BCUT2D eigenvalue weighted by Crippen LogP contribution is -2.51. The zero-order valence-corrected chi connectivity index (χ0v) is 18.8. The summed E-state index contributed by atoms with van der Waals surface area (Å²) in [5.41, 5.74) is 0.740. The van der Waals surface area contributed by atoms with Crippen LogP contribution in [0.15, 0.2) is 23.5 Å². The van der Waals surface area contributed by atoms with Crippen molar-refractivity contribution in [3.63, 3.8) is 0 Å². The number of ether oxygens (including phenoxy) is 4. The molecule has 164 valence electrons. The maximum absolute atomic E-state index is 12.0. The van der Waals surface area contributed by atoms with Crippen LogP contribution in [0.5, 0.6) is 0 Å². The second kappa shape index (κ2) is 9.41. The summed E-state index contributed by atoms with van der Waals surface area (Å²) >= 11 is 0. The van der Waals surface area contributed by atoms with Gasteiger partial charge in [-0.1, -0.05) is 13.8 Å². The predicted molar refractivity (Wildman–Crippen MR) is 109 cm³/mol. The van der Waals surface area contributed by atoms with Gasteiger partial charge in [0.1, 0.15) is 12.0 Å². The average molecular weight is 410 g/mol. The Hall–Kier alpha value is -1.70. The number of esters is 1. The molecule has 0 amide bonds. The van der Waals surface area contributed by atoms with Crippen molar-refractivity contribution in [2.24, 2.45) is 11.8 Å². The van der Waals surface area contributed by atoms with E-state index in [0.717, 1.165) is 18.3 Å². The Balaban J connectivity index is 2.30. The van der Waals surface area contributed by atoms with Crippen molar-refractivity contribution in [3.8, 4) is 0 Å². The number of carbonyl (C=O) groups is 2. The Morgan fingerprint density at radius 3 is 2.52 bits per heavy atom. The first-order chi connectivity index (χ1) is 13.4. The molecule has 1 fully saturated rings. The molecule has 0 N–H and O–H groups in total. The monoisotopic (exact) mass is 409 g/mol. The SMILES string of the molecule is C/C(=C\C=O)[C@H](O[C@@H]1OC(C)CC(N(C)C)C1C)[C@H](C)C1=CC(=O)OC(C)(C)O1. The molecular weight excluding hydrogens is 374 g/mol. The van der Waals surface area contributed by atoms with E-state index in [2.05, 4.69) is 25.9 Å². The molecule has 2 rings (SSSR count). The van der Waals surface area contributed by atoms with Gasteiger partial charge in [-0.3, -0.25) is 4.79 Å². The van der Waals surface area contributed by atoms with Crippen LogP contribution in [0, 0.1) is 11.8 Å². The molecule has 1 saturated heterocycles. The first kappa shape index (κ1) is 23.6. The molecule has 0 aliphatic carbocycles. The van der Waals surface area contributed by atoms with E-state index in [4.69, 9.17) is 18.9 Å². The van der Waals surface area contributed by atoms with Gasteiger partial charge in [-0.25, -0.2) is 4.79 Å². The molecule has 6 atom stereocenters. The van der Waals surface area contributed by atoms with Gasteiger partial charge in [0.15, 0.2) is 6.29 Å². The van der Waals surface area contributed by atoms with E-state index in [1.54, 1.807) is 13.8 Å². The molecule has 3 unspecified atom stereocenters. The van der Waals surface area contributed by atoms with Gasteiger partial charge < -0.3 is 23.8 Å². The van der Waals surface area contributed by atoms with Crippen molar-refractivity contribution in [2.45, 2.75) is 78.3 Å². The van der Waals surface area contributed by atoms with Crippen LogP contribution in [0.4, 0.5) is 0 Å². The second-order valence-corrected chi connectivity index (χ2v) is 8.80. The quantitative estimate of drug-likeness (QED) is 0.363. The number of nitrogens with zero attached hydrogens (tertiary/aromatic N) is 1. The number of carbonyl (C=O) groups excluding carboxylic acids is 2. The van der Waals surface area contributed by atoms with Crippen molar-refractivity contribution in [1.82, 2.24) is 4.90 Å². The normalized spacial score (nSPS) is 32.1. The lowest BCUT2D eigenvalue weighted by Gasteiger charge is -2.44. The van der Waals surface area contributed by atoms with Crippen LogP contribution in [-0.4, -0.2) is 61.6 Å². The molecule has 0 spiro atoms. The summed E-state index contributed by atoms with van der Waals surface area (Å²) in [5, 5.41) is 0. The summed E-state index contributed by atoms with van der Waals surface area (Å²) in [4.78, 5) is 25.3. The van der Waals surface area contributed by atoms with Crippen molar-refractivity contribution < 1.29 is 28.5 Å². The van der Waals surface area contributed by atoms with Crippen LogP contribution in [0.3, 0.4) is 0 Å². The molecule has 2 heterocycles. The average Bonchev–Trinajstić information content (AvgIpc) is 2.59. The molecule has 0 saturated carbocycles. The number of hydrogen-bond acceptors (Lipinski definition) is 7. The number of allylic oxidation sites excluding steroid dienone is 1. The van der Waals surface area contributed by atoms with Crippen LogP contribution in [0.25, 0.3) is 0 Å². The summed E-state index contributed by atoms with van der Waals surface area (Å²) in [6, 6.07) is 0.314. The highest BCUT2D eigenvalue weighted by Gasteiger charge is 2.41. The van der Waals surface area contributed by atoms with Gasteiger partial charge in [0.25, 0.3) is 0 Å². The van der Waals surface area contributed by atoms with Gasteiger partial charge >= 0.3 is 5.97 Å².